The van der Waals surface area contributed by atoms with Crippen LogP contribution in [-0.4, -0.2) is 49.9 Å². The van der Waals surface area contributed by atoms with Gasteiger partial charge in [-0.1, -0.05) is 5.92 Å². The predicted octanol–water partition coefficient (Wildman–Crippen LogP) is 2.97. The third-order valence-electron chi connectivity index (χ3n) is 4.39. The quantitative estimate of drug-likeness (QED) is 0.585. The second-order valence-corrected chi connectivity index (χ2v) is 6.93. The van der Waals surface area contributed by atoms with Crippen molar-refractivity contribution in [1.82, 2.24) is 4.90 Å². The Bertz CT molecular complexity index is 806. The van der Waals surface area contributed by atoms with Gasteiger partial charge < -0.3 is 14.4 Å². The second-order valence-electron chi connectivity index (χ2n) is 5.93. The number of thioether (sulfide) groups is 1. The van der Waals surface area contributed by atoms with Crippen LogP contribution in [0.3, 0.4) is 0 Å². The largest absolute Gasteiger partial charge is 0.496 e. The average molecular weight is 372 g/mol. The number of amides is 2. The topological polar surface area (TPSA) is 59.1 Å². The number of methoxy groups -OCH3 is 2. The highest BCUT2D eigenvalue weighted by Gasteiger charge is 2.34. The summed E-state index contributed by atoms with van der Waals surface area (Å²) in [5, 5.41) is -0.362. The van der Waals surface area contributed by atoms with Gasteiger partial charge in [0.15, 0.2) is 0 Å². The Balaban J connectivity index is 1.98. The van der Waals surface area contributed by atoms with Crippen molar-refractivity contribution in [3.63, 3.8) is 0 Å². The number of ether oxygens (including phenoxy) is 2. The Kier molecular flexibility index (Phi) is 5.43. The lowest BCUT2D eigenvalue weighted by Gasteiger charge is -2.22. The van der Waals surface area contributed by atoms with E-state index >= 15 is 0 Å². The maximum Gasteiger partial charge on any atom is 0.294 e. The zero-order valence-electron chi connectivity index (χ0n) is 14.8. The van der Waals surface area contributed by atoms with Crippen LogP contribution >= 0.6 is 11.8 Å². The van der Waals surface area contributed by atoms with E-state index in [1.165, 1.54) is 0 Å². The molecule has 0 radical (unpaired) electrons. The molecule has 2 heterocycles. The minimum absolute atomic E-state index is 0.0314. The number of hydrogen-bond acceptors (Lipinski definition) is 6. The molecule has 0 spiro atoms. The van der Waals surface area contributed by atoms with Gasteiger partial charge in [0, 0.05) is 24.7 Å². The van der Waals surface area contributed by atoms with Crippen LogP contribution < -0.4 is 14.4 Å². The molecule has 3 rings (SSSR count). The molecule has 0 aromatic heterocycles. The molecule has 2 fully saturated rings. The number of nitrogens with zero attached hydrogens (tertiary/aromatic N) is 2. The Morgan fingerprint density at radius 2 is 1.88 bits per heavy atom. The van der Waals surface area contributed by atoms with E-state index in [0.29, 0.717) is 22.0 Å². The minimum Gasteiger partial charge on any atom is -0.496 e. The van der Waals surface area contributed by atoms with Gasteiger partial charge in [0.25, 0.3) is 11.1 Å². The van der Waals surface area contributed by atoms with E-state index in [0.717, 1.165) is 48.3 Å². The first-order valence-electron chi connectivity index (χ1n) is 8.29. The number of carbonyl (C=O) groups excluding carboxylic acids is 2. The number of imide groups is 1. The number of carbonyl (C=O) groups is 2. The molecule has 0 atom stereocenters. The van der Waals surface area contributed by atoms with Gasteiger partial charge in [-0.05, 0) is 36.7 Å². The fourth-order valence-electron chi connectivity index (χ4n) is 3.09. The molecule has 136 valence electrons. The molecule has 1 aromatic carbocycles. The maximum atomic E-state index is 12.4. The minimum atomic E-state index is -0.386. The van der Waals surface area contributed by atoms with Crippen LogP contribution in [0.1, 0.15) is 18.4 Å². The molecule has 2 saturated heterocycles. The molecule has 0 bridgehead atoms. The van der Waals surface area contributed by atoms with Crippen molar-refractivity contribution in [1.29, 1.82) is 0 Å². The summed E-state index contributed by atoms with van der Waals surface area (Å²) < 4.78 is 11.1. The van der Waals surface area contributed by atoms with Gasteiger partial charge in [0.1, 0.15) is 11.5 Å². The van der Waals surface area contributed by atoms with Crippen molar-refractivity contribution >= 4 is 34.7 Å². The van der Waals surface area contributed by atoms with Crippen LogP contribution in [0.4, 0.5) is 10.5 Å². The summed E-state index contributed by atoms with van der Waals surface area (Å²) in [7, 11) is 3.20. The van der Waals surface area contributed by atoms with E-state index in [1.807, 2.05) is 12.1 Å². The third-order valence-corrected chi connectivity index (χ3v) is 5.29. The van der Waals surface area contributed by atoms with Crippen LogP contribution in [0.25, 0.3) is 6.08 Å². The van der Waals surface area contributed by atoms with Gasteiger partial charge in [0.05, 0.1) is 31.4 Å². The number of terminal acetylenes is 1. The summed E-state index contributed by atoms with van der Waals surface area (Å²) >= 11 is 0.875. The van der Waals surface area contributed by atoms with Crippen LogP contribution in [0, 0.1) is 12.3 Å². The lowest BCUT2D eigenvalue weighted by molar-refractivity contribution is -0.122. The highest BCUT2D eigenvalue weighted by atomic mass is 32.2. The number of benzene rings is 1. The van der Waals surface area contributed by atoms with Gasteiger partial charge in [-0.2, -0.15) is 0 Å². The van der Waals surface area contributed by atoms with Gasteiger partial charge in [0.2, 0.25) is 0 Å². The third kappa shape index (κ3) is 3.37. The number of hydrogen-bond donors (Lipinski definition) is 0. The zero-order chi connectivity index (χ0) is 18.7. The molecule has 2 aliphatic rings. The van der Waals surface area contributed by atoms with Crippen LogP contribution in [-0.2, 0) is 4.79 Å². The normalized spacial score (nSPS) is 18.6. The molecule has 0 saturated carbocycles. The van der Waals surface area contributed by atoms with Gasteiger partial charge in [-0.25, -0.2) is 0 Å². The second kappa shape index (κ2) is 7.75. The fraction of sp³-hybridized carbons (Fsp3) is 0.368. The van der Waals surface area contributed by atoms with E-state index in [1.54, 1.807) is 20.3 Å². The molecule has 7 heteroatoms. The molecule has 0 aliphatic carbocycles. The fourth-order valence-corrected chi connectivity index (χ4v) is 3.92. The molecular weight excluding hydrogens is 352 g/mol. The SMILES string of the molecule is C#CCN1C(=O)SC(=Cc2cc(OC)c(N3CCCC3)cc2OC)C1=O. The summed E-state index contributed by atoms with van der Waals surface area (Å²) in [6.07, 6.45) is 9.17. The van der Waals surface area contributed by atoms with E-state index < -0.39 is 0 Å². The lowest BCUT2D eigenvalue weighted by Crippen LogP contribution is -2.28. The van der Waals surface area contributed by atoms with Gasteiger partial charge in [-0.15, -0.1) is 6.42 Å². The van der Waals surface area contributed by atoms with Gasteiger partial charge >= 0.3 is 0 Å². The molecule has 0 N–H and O–H groups in total. The Labute approximate surface area is 157 Å². The highest BCUT2D eigenvalue weighted by molar-refractivity contribution is 8.18. The van der Waals surface area contributed by atoms with Crippen molar-refractivity contribution in [2.24, 2.45) is 0 Å². The van der Waals surface area contributed by atoms with Crippen molar-refractivity contribution in [3.8, 4) is 23.8 Å². The van der Waals surface area contributed by atoms with Crippen LogP contribution in [0.2, 0.25) is 0 Å². The smallest absolute Gasteiger partial charge is 0.294 e. The van der Waals surface area contributed by atoms with E-state index in [4.69, 9.17) is 15.9 Å². The first-order chi connectivity index (χ1) is 12.6. The molecule has 1 aromatic rings. The molecule has 2 aliphatic heterocycles. The zero-order valence-corrected chi connectivity index (χ0v) is 15.6. The monoisotopic (exact) mass is 372 g/mol. The van der Waals surface area contributed by atoms with Gasteiger partial charge in [-0.3, -0.25) is 14.5 Å². The Morgan fingerprint density at radius 1 is 1.19 bits per heavy atom. The molecule has 6 nitrogen and oxygen atoms in total. The highest BCUT2D eigenvalue weighted by Crippen LogP contribution is 2.40. The Morgan fingerprint density at radius 3 is 2.50 bits per heavy atom. The van der Waals surface area contributed by atoms with Crippen LogP contribution in [0.5, 0.6) is 11.5 Å². The van der Waals surface area contributed by atoms with E-state index in [9.17, 15) is 9.59 Å². The first-order valence-corrected chi connectivity index (χ1v) is 9.10. The standard InChI is InChI=1S/C19H20N2O4S/c1-4-7-21-18(22)17(26-19(21)23)11-13-10-16(25-3)14(12-15(13)24-2)20-8-5-6-9-20/h1,10-12H,5-9H2,2-3H3. The average Bonchev–Trinajstić information content (AvgIpc) is 3.26. The summed E-state index contributed by atoms with van der Waals surface area (Å²) in [5.41, 5.74) is 1.65. The van der Waals surface area contributed by atoms with Crippen molar-refractivity contribution in [2.45, 2.75) is 12.8 Å². The predicted molar refractivity (Wildman–Crippen MR) is 103 cm³/mol. The van der Waals surface area contributed by atoms with Crippen molar-refractivity contribution in [3.05, 3.63) is 22.6 Å². The molecular formula is C19H20N2O4S. The van der Waals surface area contributed by atoms with E-state index in [-0.39, 0.29) is 17.7 Å². The summed E-state index contributed by atoms with van der Waals surface area (Å²) in [6, 6.07) is 3.75. The number of rotatable bonds is 5. The molecule has 2 amide bonds. The Hall–Kier alpha value is -2.59. The van der Waals surface area contributed by atoms with Crippen molar-refractivity contribution in [2.75, 3.05) is 38.8 Å². The maximum absolute atomic E-state index is 12.4. The lowest BCUT2D eigenvalue weighted by atomic mass is 10.1. The van der Waals surface area contributed by atoms with Crippen molar-refractivity contribution < 1.29 is 19.1 Å². The number of anilines is 1. The summed E-state index contributed by atoms with van der Waals surface area (Å²) in [6.45, 7) is 1.92. The van der Waals surface area contributed by atoms with E-state index in [2.05, 4.69) is 10.8 Å². The van der Waals surface area contributed by atoms with Crippen LogP contribution in [0.15, 0.2) is 17.0 Å². The summed E-state index contributed by atoms with van der Waals surface area (Å²) in [4.78, 5) is 28.0. The molecule has 0 unspecified atom stereocenters. The summed E-state index contributed by atoms with van der Waals surface area (Å²) in [5.74, 6) is 3.27. The first kappa shape index (κ1) is 18.2. The molecule has 26 heavy (non-hydrogen) atoms.